The van der Waals surface area contributed by atoms with Crippen molar-refractivity contribution in [3.63, 3.8) is 0 Å². The van der Waals surface area contributed by atoms with Crippen molar-refractivity contribution in [2.24, 2.45) is 5.41 Å². The first-order valence-electron chi connectivity index (χ1n) is 6.79. The molecule has 1 aliphatic carbocycles. The highest BCUT2D eigenvalue weighted by Gasteiger charge is 2.37. The normalized spacial score (nSPS) is 22.3. The van der Waals surface area contributed by atoms with Crippen LogP contribution >= 0.6 is 11.6 Å². The van der Waals surface area contributed by atoms with Gasteiger partial charge in [0.15, 0.2) is 6.61 Å². The number of fused-ring (bicyclic) bond motifs is 1. The van der Waals surface area contributed by atoms with Crippen LogP contribution in [0.3, 0.4) is 0 Å². The van der Waals surface area contributed by atoms with E-state index < -0.39 is 0 Å². The number of anilines is 1. The SMILES string of the molecule is CC1(C(Cl)c2ccc3c(c2)NC(=O)CO3)CCCC1. The van der Waals surface area contributed by atoms with Gasteiger partial charge < -0.3 is 10.1 Å². The molecule has 0 radical (unpaired) electrons. The van der Waals surface area contributed by atoms with Crippen LogP contribution in [0.15, 0.2) is 18.2 Å². The van der Waals surface area contributed by atoms with Gasteiger partial charge in [-0.05, 0) is 36.0 Å². The molecule has 3 nitrogen and oxygen atoms in total. The Balaban J connectivity index is 1.89. The summed E-state index contributed by atoms with van der Waals surface area (Å²) in [6.45, 7) is 2.35. The minimum Gasteiger partial charge on any atom is -0.482 e. The van der Waals surface area contributed by atoms with E-state index in [1.54, 1.807) is 0 Å². The van der Waals surface area contributed by atoms with E-state index in [-0.39, 0.29) is 23.3 Å². The summed E-state index contributed by atoms with van der Waals surface area (Å²) in [7, 11) is 0. The fourth-order valence-corrected chi connectivity index (χ4v) is 3.45. The van der Waals surface area contributed by atoms with Crippen LogP contribution in [0.4, 0.5) is 5.69 Å². The summed E-state index contributed by atoms with van der Waals surface area (Å²) < 4.78 is 5.37. The molecule has 102 valence electrons. The van der Waals surface area contributed by atoms with E-state index in [4.69, 9.17) is 16.3 Å². The summed E-state index contributed by atoms with van der Waals surface area (Å²) in [6, 6.07) is 5.86. The van der Waals surface area contributed by atoms with Gasteiger partial charge in [0.05, 0.1) is 11.1 Å². The van der Waals surface area contributed by atoms with Crippen molar-refractivity contribution in [1.29, 1.82) is 0 Å². The number of halogens is 1. The molecule has 19 heavy (non-hydrogen) atoms. The maximum absolute atomic E-state index is 11.4. The minimum absolute atomic E-state index is 0.0147. The van der Waals surface area contributed by atoms with Crippen molar-refractivity contribution >= 4 is 23.2 Å². The highest BCUT2D eigenvalue weighted by Crippen LogP contribution is 2.51. The fraction of sp³-hybridized carbons (Fsp3) is 0.533. The van der Waals surface area contributed by atoms with Crippen LogP contribution in [0.1, 0.15) is 43.5 Å². The summed E-state index contributed by atoms with van der Waals surface area (Å²) in [5.41, 5.74) is 1.96. The van der Waals surface area contributed by atoms with Crippen LogP contribution in [0.2, 0.25) is 0 Å². The lowest BCUT2D eigenvalue weighted by Crippen LogP contribution is -2.26. The third-order valence-electron chi connectivity index (χ3n) is 4.29. The third kappa shape index (κ3) is 2.32. The second-order valence-corrected chi connectivity index (χ2v) is 6.25. The molecule has 1 amide bonds. The average Bonchev–Trinajstić information content (AvgIpc) is 2.85. The predicted octanol–water partition coefficient (Wildman–Crippen LogP) is 3.88. The first kappa shape index (κ1) is 12.8. The van der Waals surface area contributed by atoms with Gasteiger partial charge in [0.1, 0.15) is 5.75 Å². The topological polar surface area (TPSA) is 38.3 Å². The number of ether oxygens (including phenoxy) is 1. The van der Waals surface area contributed by atoms with Gasteiger partial charge in [-0.1, -0.05) is 25.8 Å². The van der Waals surface area contributed by atoms with E-state index >= 15 is 0 Å². The van der Waals surface area contributed by atoms with Crippen LogP contribution in [0.5, 0.6) is 5.75 Å². The molecule has 1 aromatic rings. The second kappa shape index (κ2) is 4.71. The van der Waals surface area contributed by atoms with Crippen molar-refractivity contribution in [2.45, 2.75) is 38.0 Å². The van der Waals surface area contributed by atoms with Crippen LogP contribution in [0, 0.1) is 5.41 Å². The largest absolute Gasteiger partial charge is 0.482 e. The lowest BCUT2D eigenvalue weighted by molar-refractivity contribution is -0.118. The standard InChI is InChI=1S/C15H18ClNO2/c1-15(6-2-3-7-15)14(16)10-4-5-12-11(8-10)17-13(18)9-19-12/h4-5,8,14H,2-3,6-7,9H2,1H3,(H,17,18). The first-order valence-corrected chi connectivity index (χ1v) is 7.23. The number of carbonyl (C=O) groups excluding carboxylic acids is 1. The highest BCUT2D eigenvalue weighted by molar-refractivity contribution is 6.21. The van der Waals surface area contributed by atoms with E-state index in [1.165, 1.54) is 25.7 Å². The Morgan fingerprint density at radius 2 is 2.11 bits per heavy atom. The van der Waals surface area contributed by atoms with Crippen LogP contribution in [-0.2, 0) is 4.79 Å². The zero-order valence-electron chi connectivity index (χ0n) is 11.0. The number of alkyl halides is 1. The van der Waals surface area contributed by atoms with E-state index in [2.05, 4.69) is 12.2 Å². The van der Waals surface area contributed by atoms with E-state index in [9.17, 15) is 4.79 Å². The van der Waals surface area contributed by atoms with Crippen LogP contribution in [-0.4, -0.2) is 12.5 Å². The van der Waals surface area contributed by atoms with E-state index in [0.29, 0.717) is 0 Å². The smallest absolute Gasteiger partial charge is 0.262 e. The minimum atomic E-state index is -0.108. The number of rotatable bonds is 2. The molecule has 0 spiro atoms. The molecule has 2 aliphatic rings. The number of amides is 1. The molecule has 1 fully saturated rings. The van der Waals surface area contributed by atoms with E-state index in [1.807, 2.05) is 18.2 Å². The van der Waals surface area contributed by atoms with Crippen molar-refractivity contribution in [1.82, 2.24) is 0 Å². The highest BCUT2D eigenvalue weighted by atomic mass is 35.5. The lowest BCUT2D eigenvalue weighted by atomic mass is 9.81. The lowest BCUT2D eigenvalue weighted by Gasteiger charge is -2.30. The maximum atomic E-state index is 11.4. The third-order valence-corrected chi connectivity index (χ3v) is 5.07. The molecule has 3 rings (SSSR count). The van der Waals surface area contributed by atoms with Crippen LogP contribution < -0.4 is 10.1 Å². The van der Waals surface area contributed by atoms with Gasteiger partial charge in [-0.25, -0.2) is 0 Å². The van der Waals surface area contributed by atoms with Crippen molar-refractivity contribution in [3.05, 3.63) is 23.8 Å². The van der Waals surface area contributed by atoms with Crippen molar-refractivity contribution in [2.75, 3.05) is 11.9 Å². The molecule has 1 saturated carbocycles. The average molecular weight is 280 g/mol. The molecule has 1 atom stereocenters. The first-order chi connectivity index (χ1) is 9.08. The Bertz CT molecular complexity index is 509. The number of nitrogens with one attached hydrogen (secondary N) is 1. The quantitative estimate of drug-likeness (QED) is 0.835. The van der Waals surface area contributed by atoms with E-state index in [0.717, 1.165) is 17.0 Å². The molecule has 1 unspecified atom stereocenters. The Labute approximate surface area is 118 Å². The molecular formula is C15H18ClNO2. The van der Waals surface area contributed by atoms with Gasteiger partial charge in [-0.15, -0.1) is 11.6 Å². The zero-order valence-corrected chi connectivity index (χ0v) is 11.8. The predicted molar refractivity (Wildman–Crippen MR) is 75.7 cm³/mol. The second-order valence-electron chi connectivity index (χ2n) is 5.82. The van der Waals surface area contributed by atoms with Gasteiger partial charge >= 0.3 is 0 Å². The molecule has 1 N–H and O–H groups in total. The molecular weight excluding hydrogens is 262 g/mol. The van der Waals surface area contributed by atoms with Gasteiger partial charge in [-0.3, -0.25) is 4.79 Å². The van der Waals surface area contributed by atoms with Gasteiger partial charge in [0.25, 0.3) is 5.91 Å². The van der Waals surface area contributed by atoms with Crippen molar-refractivity contribution < 1.29 is 9.53 Å². The zero-order chi connectivity index (χ0) is 13.5. The summed E-state index contributed by atoms with van der Waals surface area (Å²) in [6.07, 6.45) is 4.84. The number of hydrogen-bond donors (Lipinski definition) is 1. The van der Waals surface area contributed by atoms with Crippen molar-refractivity contribution in [3.8, 4) is 5.75 Å². The molecule has 0 saturated heterocycles. The molecule has 4 heteroatoms. The Hall–Kier alpha value is -1.22. The summed E-state index contributed by atoms with van der Waals surface area (Å²) in [5.74, 6) is 0.617. The molecule has 1 aromatic carbocycles. The monoisotopic (exact) mass is 279 g/mol. The fourth-order valence-electron chi connectivity index (χ4n) is 3.10. The maximum Gasteiger partial charge on any atom is 0.262 e. The number of carbonyl (C=O) groups is 1. The Kier molecular flexibility index (Phi) is 3.17. The molecule has 1 heterocycles. The van der Waals surface area contributed by atoms with Gasteiger partial charge in [0, 0.05) is 0 Å². The number of hydrogen-bond acceptors (Lipinski definition) is 2. The number of benzene rings is 1. The molecule has 0 aromatic heterocycles. The summed E-state index contributed by atoms with van der Waals surface area (Å²) in [5, 5.41) is 2.82. The molecule has 1 aliphatic heterocycles. The van der Waals surface area contributed by atoms with Gasteiger partial charge in [-0.2, -0.15) is 0 Å². The summed E-state index contributed by atoms with van der Waals surface area (Å²) >= 11 is 6.68. The van der Waals surface area contributed by atoms with Crippen LogP contribution in [0.25, 0.3) is 0 Å². The Morgan fingerprint density at radius 3 is 2.84 bits per heavy atom. The molecule has 0 bridgehead atoms. The Morgan fingerprint density at radius 1 is 1.37 bits per heavy atom. The van der Waals surface area contributed by atoms with Gasteiger partial charge in [0.2, 0.25) is 0 Å². The summed E-state index contributed by atoms with van der Waals surface area (Å²) in [4.78, 5) is 11.4.